The molecule has 0 amide bonds. The maximum Gasteiger partial charge on any atom is 0.194 e. The first-order valence-electron chi connectivity index (χ1n) is 8.01. The van der Waals surface area contributed by atoms with Crippen LogP contribution in [0.3, 0.4) is 0 Å². The second-order valence-electron chi connectivity index (χ2n) is 5.93. The molecular formula is C18H25ClN2O. The first kappa shape index (κ1) is 17.0. The number of nitrogens with zero attached hydrogens (tertiary/aromatic N) is 1. The van der Waals surface area contributed by atoms with Gasteiger partial charge in [0.1, 0.15) is 0 Å². The molecule has 120 valence electrons. The third kappa shape index (κ3) is 3.53. The van der Waals surface area contributed by atoms with Crippen LogP contribution in [0.1, 0.15) is 43.5 Å². The van der Waals surface area contributed by atoms with E-state index in [1.807, 2.05) is 19.9 Å². The monoisotopic (exact) mass is 320 g/mol. The summed E-state index contributed by atoms with van der Waals surface area (Å²) in [6.07, 6.45) is 2.32. The van der Waals surface area contributed by atoms with Crippen molar-refractivity contribution >= 4 is 22.5 Å². The van der Waals surface area contributed by atoms with E-state index in [0.29, 0.717) is 17.0 Å². The van der Waals surface area contributed by atoms with E-state index in [2.05, 4.69) is 23.7 Å². The summed E-state index contributed by atoms with van der Waals surface area (Å²) in [6, 6.07) is 3.66. The first-order chi connectivity index (χ1) is 10.5. The lowest BCUT2D eigenvalue weighted by molar-refractivity contribution is 0.274. The van der Waals surface area contributed by atoms with Crippen LogP contribution in [0, 0.1) is 13.8 Å². The Morgan fingerprint density at radius 2 is 1.95 bits per heavy atom. The molecule has 0 saturated carbocycles. The number of H-pyrrole nitrogens is 1. The number of fused-ring (bicyclic) bond motifs is 1. The summed E-state index contributed by atoms with van der Waals surface area (Å²) in [7, 11) is 0. The van der Waals surface area contributed by atoms with E-state index in [1.165, 1.54) is 6.42 Å². The maximum atomic E-state index is 12.9. The predicted molar refractivity (Wildman–Crippen MR) is 94.9 cm³/mol. The van der Waals surface area contributed by atoms with Gasteiger partial charge in [-0.15, -0.1) is 0 Å². The summed E-state index contributed by atoms with van der Waals surface area (Å²) in [4.78, 5) is 18.6. The fourth-order valence-electron chi connectivity index (χ4n) is 2.83. The lowest BCUT2D eigenvalue weighted by Gasteiger charge is -2.21. The Bertz CT molecular complexity index is 721. The van der Waals surface area contributed by atoms with Crippen LogP contribution in [-0.2, 0) is 6.54 Å². The zero-order chi connectivity index (χ0) is 16.3. The highest BCUT2D eigenvalue weighted by Crippen LogP contribution is 2.21. The lowest BCUT2D eigenvalue weighted by Crippen LogP contribution is -2.28. The highest BCUT2D eigenvalue weighted by atomic mass is 35.5. The normalized spacial score (nSPS) is 11.5. The Balaban J connectivity index is 2.48. The van der Waals surface area contributed by atoms with Crippen LogP contribution >= 0.6 is 11.6 Å². The van der Waals surface area contributed by atoms with E-state index < -0.39 is 0 Å². The van der Waals surface area contributed by atoms with E-state index in [1.54, 1.807) is 6.07 Å². The van der Waals surface area contributed by atoms with E-state index in [4.69, 9.17) is 11.6 Å². The minimum Gasteiger partial charge on any atom is -0.358 e. The number of halogens is 1. The third-order valence-corrected chi connectivity index (χ3v) is 4.46. The minimum atomic E-state index is 0.104. The Morgan fingerprint density at radius 1 is 1.23 bits per heavy atom. The zero-order valence-corrected chi connectivity index (χ0v) is 14.7. The molecule has 1 N–H and O–H groups in total. The van der Waals surface area contributed by atoms with E-state index in [9.17, 15) is 4.79 Å². The molecule has 1 heterocycles. The number of unbranched alkanes of at least 4 members (excludes halogenated alkanes) is 1. The van der Waals surface area contributed by atoms with Crippen molar-refractivity contribution in [2.45, 2.75) is 47.1 Å². The molecule has 0 aliphatic rings. The summed E-state index contributed by atoms with van der Waals surface area (Å²) < 4.78 is 0. The van der Waals surface area contributed by atoms with Crippen molar-refractivity contribution in [2.75, 3.05) is 13.1 Å². The Hall–Kier alpha value is -1.32. The van der Waals surface area contributed by atoms with Gasteiger partial charge in [-0.25, -0.2) is 0 Å². The number of rotatable bonds is 6. The number of hydrogen-bond donors (Lipinski definition) is 1. The fraction of sp³-hybridized carbons (Fsp3) is 0.500. The van der Waals surface area contributed by atoms with Gasteiger partial charge in [0, 0.05) is 28.2 Å². The lowest BCUT2D eigenvalue weighted by atomic mass is 10.1. The number of pyridine rings is 1. The van der Waals surface area contributed by atoms with Crippen molar-refractivity contribution in [1.82, 2.24) is 9.88 Å². The molecule has 0 fully saturated rings. The fourth-order valence-corrected chi connectivity index (χ4v) is 3.10. The molecule has 2 rings (SSSR count). The van der Waals surface area contributed by atoms with Gasteiger partial charge in [0.15, 0.2) is 5.43 Å². The van der Waals surface area contributed by atoms with Gasteiger partial charge in [-0.2, -0.15) is 0 Å². The van der Waals surface area contributed by atoms with E-state index in [0.717, 1.165) is 41.8 Å². The number of benzene rings is 1. The van der Waals surface area contributed by atoms with E-state index in [-0.39, 0.29) is 5.43 Å². The third-order valence-electron chi connectivity index (χ3n) is 4.24. The van der Waals surface area contributed by atoms with Crippen molar-refractivity contribution in [1.29, 1.82) is 0 Å². The van der Waals surface area contributed by atoms with Crippen LogP contribution in [0.15, 0.2) is 16.9 Å². The van der Waals surface area contributed by atoms with Gasteiger partial charge in [0.05, 0.1) is 5.52 Å². The molecule has 0 aliphatic carbocycles. The molecule has 1 aromatic heterocycles. The molecule has 0 radical (unpaired) electrons. The van der Waals surface area contributed by atoms with Crippen LogP contribution in [0.4, 0.5) is 0 Å². The minimum absolute atomic E-state index is 0.104. The van der Waals surface area contributed by atoms with Crippen molar-refractivity contribution in [2.24, 2.45) is 0 Å². The predicted octanol–water partition coefficient (Wildman–Crippen LogP) is 4.42. The number of aromatic nitrogens is 1. The molecular weight excluding hydrogens is 296 g/mol. The summed E-state index contributed by atoms with van der Waals surface area (Å²) in [5.74, 6) is 0. The molecule has 0 spiro atoms. The van der Waals surface area contributed by atoms with Gasteiger partial charge in [0.25, 0.3) is 0 Å². The second-order valence-corrected chi connectivity index (χ2v) is 6.36. The van der Waals surface area contributed by atoms with Gasteiger partial charge in [-0.3, -0.25) is 9.69 Å². The van der Waals surface area contributed by atoms with Gasteiger partial charge >= 0.3 is 0 Å². The van der Waals surface area contributed by atoms with Crippen LogP contribution in [0.5, 0.6) is 0 Å². The summed E-state index contributed by atoms with van der Waals surface area (Å²) >= 11 is 6.13. The van der Waals surface area contributed by atoms with Gasteiger partial charge < -0.3 is 4.98 Å². The molecule has 0 unspecified atom stereocenters. The molecule has 0 saturated heterocycles. The highest BCUT2D eigenvalue weighted by Gasteiger charge is 2.14. The van der Waals surface area contributed by atoms with Gasteiger partial charge in [-0.1, -0.05) is 31.9 Å². The molecule has 0 bridgehead atoms. The standard InChI is InChI=1S/C18H25ClN2O/c1-5-7-8-21(6-2)11-16-13(4)20-17-12(3)9-14(19)10-15(17)18(16)22/h9-10H,5-8,11H2,1-4H3,(H,20,22). The molecule has 0 atom stereocenters. The number of nitrogens with one attached hydrogen (secondary N) is 1. The average Bonchev–Trinajstić information content (AvgIpc) is 2.48. The Labute approximate surface area is 137 Å². The maximum absolute atomic E-state index is 12.9. The summed E-state index contributed by atoms with van der Waals surface area (Å²) in [5, 5.41) is 1.31. The van der Waals surface area contributed by atoms with Crippen LogP contribution in [0.2, 0.25) is 5.02 Å². The van der Waals surface area contributed by atoms with Crippen molar-refractivity contribution in [3.8, 4) is 0 Å². The first-order valence-corrected chi connectivity index (χ1v) is 8.39. The van der Waals surface area contributed by atoms with Gasteiger partial charge in [0.2, 0.25) is 0 Å². The molecule has 2 aromatic rings. The summed E-state index contributed by atoms with van der Waals surface area (Å²) in [5.41, 5.74) is 3.82. The Kier molecular flexibility index (Phi) is 5.65. The quantitative estimate of drug-likeness (QED) is 0.855. The average molecular weight is 321 g/mol. The Morgan fingerprint density at radius 3 is 2.59 bits per heavy atom. The van der Waals surface area contributed by atoms with Crippen molar-refractivity contribution in [3.05, 3.63) is 44.2 Å². The van der Waals surface area contributed by atoms with Gasteiger partial charge in [-0.05, 0) is 51.1 Å². The second kappa shape index (κ2) is 7.30. The largest absolute Gasteiger partial charge is 0.358 e. The zero-order valence-electron chi connectivity index (χ0n) is 13.9. The highest BCUT2D eigenvalue weighted by molar-refractivity contribution is 6.31. The SMILES string of the molecule is CCCCN(CC)Cc1c(C)[nH]c2c(C)cc(Cl)cc2c1=O. The summed E-state index contributed by atoms with van der Waals surface area (Å²) in [6.45, 7) is 11.0. The van der Waals surface area contributed by atoms with Crippen LogP contribution in [-0.4, -0.2) is 23.0 Å². The molecule has 1 aromatic carbocycles. The van der Waals surface area contributed by atoms with E-state index >= 15 is 0 Å². The smallest absolute Gasteiger partial charge is 0.194 e. The molecule has 0 aliphatic heterocycles. The molecule has 4 heteroatoms. The van der Waals surface area contributed by atoms with Crippen molar-refractivity contribution in [3.63, 3.8) is 0 Å². The number of aromatic amines is 1. The van der Waals surface area contributed by atoms with Crippen LogP contribution < -0.4 is 5.43 Å². The number of aryl methyl sites for hydroxylation is 2. The topological polar surface area (TPSA) is 36.1 Å². The number of hydrogen-bond acceptors (Lipinski definition) is 2. The molecule has 3 nitrogen and oxygen atoms in total. The van der Waals surface area contributed by atoms with Crippen molar-refractivity contribution < 1.29 is 0 Å². The van der Waals surface area contributed by atoms with Crippen LogP contribution in [0.25, 0.3) is 10.9 Å². The molecule has 22 heavy (non-hydrogen) atoms.